The van der Waals surface area contributed by atoms with Crippen LogP contribution in [0.25, 0.3) is 0 Å². The summed E-state index contributed by atoms with van der Waals surface area (Å²) in [5, 5.41) is 9.55. The first-order valence-electron chi connectivity index (χ1n) is 8.96. The SMILES string of the molecule is CCc1nnc(N2CC(C(=O)N3CCc4c(nc(C)[nH]c4=O)C3)CC2=O)s1. The molecule has 9 nitrogen and oxygen atoms in total. The zero-order valence-electron chi connectivity index (χ0n) is 15.2. The Hall–Kier alpha value is -2.62. The van der Waals surface area contributed by atoms with Crippen molar-refractivity contribution in [2.75, 3.05) is 18.0 Å². The first-order valence-corrected chi connectivity index (χ1v) is 9.78. The van der Waals surface area contributed by atoms with Crippen LogP contribution in [0.15, 0.2) is 4.79 Å². The van der Waals surface area contributed by atoms with E-state index in [1.54, 1.807) is 16.7 Å². The Morgan fingerprint density at radius 1 is 1.33 bits per heavy atom. The summed E-state index contributed by atoms with van der Waals surface area (Å²) < 4.78 is 0. The van der Waals surface area contributed by atoms with Gasteiger partial charge in [-0.2, -0.15) is 0 Å². The third-order valence-electron chi connectivity index (χ3n) is 4.97. The van der Waals surface area contributed by atoms with Crippen LogP contribution in [-0.2, 0) is 29.0 Å². The summed E-state index contributed by atoms with van der Waals surface area (Å²) in [4.78, 5) is 47.7. The van der Waals surface area contributed by atoms with Crippen LogP contribution < -0.4 is 10.5 Å². The third kappa shape index (κ3) is 3.25. The number of amides is 2. The Morgan fingerprint density at radius 3 is 2.89 bits per heavy atom. The van der Waals surface area contributed by atoms with E-state index in [2.05, 4.69) is 20.2 Å². The molecule has 2 aromatic rings. The van der Waals surface area contributed by atoms with E-state index in [0.29, 0.717) is 48.3 Å². The van der Waals surface area contributed by atoms with E-state index in [1.165, 1.54) is 11.3 Å². The highest BCUT2D eigenvalue weighted by atomic mass is 32.1. The van der Waals surface area contributed by atoms with Gasteiger partial charge in [0.1, 0.15) is 10.8 Å². The van der Waals surface area contributed by atoms with Gasteiger partial charge in [-0.1, -0.05) is 18.3 Å². The molecule has 1 atom stereocenters. The van der Waals surface area contributed by atoms with Crippen molar-refractivity contribution in [1.29, 1.82) is 0 Å². The van der Waals surface area contributed by atoms with Gasteiger partial charge in [0, 0.05) is 25.1 Å². The quantitative estimate of drug-likeness (QED) is 0.816. The fraction of sp³-hybridized carbons (Fsp3) is 0.529. The van der Waals surface area contributed by atoms with E-state index in [9.17, 15) is 14.4 Å². The molecule has 142 valence electrons. The molecule has 0 radical (unpaired) electrons. The highest BCUT2D eigenvalue weighted by Gasteiger charge is 2.39. The van der Waals surface area contributed by atoms with Crippen LogP contribution in [0.3, 0.4) is 0 Å². The molecule has 27 heavy (non-hydrogen) atoms. The van der Waals surface area contributed by atoms with Crippen molar-refractivity contribution >= 4 is 28.3 Å². The summed E-state index contributed by atoms with van der Waals surface area (Å²) >= 11 is 1.39. The standard InChI is InChI=1S/C17H20N6O3S/c1-3-13-20-21-17(27-13)23-7-10(6-14(23)24)16(26)22-5-4-11-12(8-22)18-9(2)19-15(11)25/h10H,3-8H2,1-2H3,(H,18,19,25). The summed E-state index contributed by atoms with van der Waals surface area (Å²) in [7, 11) is 0. The largest absolute Gasteiger partial charge is 0.336 e. The smallest absolute Gasteiger partial charge is 0.254 e. The zero-order valence-corrected chi connectivity index (χ0v) is 16.0. The van der Waals surface area contributed by atoms with Crippen LogP contribution >= 0.6 is 11.3 Å². The predicted octanol–water partition coefficient (Wildman–Crippen LogP) is 0.430. The number of hydrogen-bond acceptors (Lipinski definition) is 7. The number of fused-ring (bicyclic) bond motifs is 1. The molecule has 2 aromatic heterocycles. The minimum atomic E-state index is -0.406. The maximum atomic E-state index is 13.0. The van der Waals surface area contributed by atoms with Gasteiger partial charge in [-0.15, -0.1) is 10.2 Å². The van der Waals surface area contributed by atoms with Crippen molar-refractivity contribution in [3.63, 3.8) is 0 Å². The number of nitrogens with one attached hydrogen (secondary N) is 1. The summed E-state index contributed by atoms with van der Waals surface area (Å²) in [6.07, 6.45) is 1.41. The maximum absolute atomic E-state index is 13.0. The topological polar surface area (TPSA) is 112 Å². The Labute approximate surface area is 159 Å². The average molecular weight is 388 g/mol. The number of H-pyrrole nitrogens is 1. The van der Waals surface area contributed by atoms with Gasteiger partial charge >= 0.3 is 0 Å². The summed E-state index contributed by atoms with van der Waals surface area (Å²) in [6, 6.07) is 0. The second kappa shape index (κ2) is 6.84. The molecule has 4 rings (SSSR count). The first kappa shape index (κ1) is 17.8. The third-order valence-corrected chi connectivity index (χ3v) is 6.06. The Kier molecular flexibility index (Phi) is 4.50. The van der Waals surface area contributed by atoms with Crippen LogP contribution in [-0.4, -0.2) is 50.0 Å². The first-order chi connectivity index (χ1) is 13.0. The fourth-order valence-electron chi connectivity index (χ4n) is 3.56. The van der Waals surface area contributed by atoms with E-state index in [-0.39, 0.29) is 23.8 Å². The lowest BCUT2D eigenvalue weighted by Gasteiger charge is -2.29. The molecule has 1 unspecified atom stereocenters. The van der Waals surface area contributed by atoms with Crippen molar-refractivity contribution in [3.05, 3.63) is 32.4 Å². The minimum absolute atomic E-state index is 0.0727. The van der Waals surface area contributed by atoms with Crippen molar-refractivity contribution in [2.24, 2.45) is 5.92 Å². The van der Waals surface area contributed by atoms with Gasteiger partial charge in [-0.3, -0.25) is 19.3 Å². The van der Waals surface area contributed by atoms with E-state index >= 15 is 0 Å². The lowest BCUT2D eigenvalue weighted by molar-refractivity contribution is -0.136. The van der Waals surface area contributed by atoms with E-state index in [1.807, 2.05) is 6.92 Å². The number of carbonyl (C=O) groups is 2. The van der Waals surface area contributed by atoms with E-state index < -0.39 is 5.92 Å². The lowest BCUT2D eigenvalue weighted by Crippen LogP contribution is -2.42. The minimum Gasteiger partial charge on any atom is -0.336 e. The summed E-state index contributed by atoms with van der Waals surface area (Å²) in [5.74, 6) is -0.0409. The molecule has 0 saturated carbocycles. The van der Waals surface area contributed by atoms with Crippen LogP contribution in [0.5, 0.6) is 0 Å². The fourth-order valence-corrected chi connectivity index (χ4v) is 4.37. The van der Waals surface area contributed by atoms with Gasteiger partial charge in [0.2, 0.25) is 16.9 Å². The number of carbonyl (C=O) groups excluding carboxylic acids is 2. The van der Waals surface area contributed by atoms with Crippen molar-refractivity contribution in [2.45, 2.75) is 39.7 Å². The number of aromatic nitrogens is 4. The Bertz CT molecular complexity index is 968. The molecule has 2 amide bonds. The molecule has 4 heterocycles. The molecule has 0 bridgehead atoms. The van der Waals surface area contributed by atoms with E-state index in [4.69, 9.17) is 0 Å². The van der Waals surface area contributed by atoms with Gasteiger partial charge in [0.15, 0.2) is 0 Å². The van der Waals surface area contributed by atoms with Crippen LogP contribution in [0, 0.1) is 12.8 Å². The monoisotopic (exact) mass is 388 g/mol. The molecule has 0 aromatic carbocycles. The highest BCUT2D eigenvalue weighted by Crippen LogP contribution is 2.29. The van der Waals surface area contributed by atoms with Gasteiger partial charge in [0.05, 0.1) is 18.2 Å². The molecule has 0 spiro atoms. The second-order valence-corrected chi connectivity index (χ2v) is 7.86. The summed E-state index contributed by atoms with van der Waals surface area (Å²) in [5.41, 5.74) is 1.17. The highest BCUT2D eigenvalue weighted by molar-refractivity contribution is 7.15. The second-order valence-electron chi connectivity index (χ2n) is 6.82. The average Bonchev–Trinajstić information content (AvgIpc) is 3.26. The number of nitrogens with zero attached hydrogens (tertiary/aromatic N) is 5. The molecule has 1 fully saturated rings. The van der Waals surface area contributed by atoms with Gasteiger partial charge in [-0.25, -0.2) is 4.98 Å². The molecule has 1 N–H and O–H groups in total. The molecule has 1 saturated heterocycles. The normalized spacial score (nSPS) is 19.5. The molecule has 2 aliphatic heterocycles. The predicted molar refractivity (Wildman–Crippen MR) is 98.5 cm³/mol. The van der Waals surface area contributed by atoms with Crippen LogP contribution in [0.4, 0.5) is 5.13 Å². The Balaban J connectivity index is 1.49. The summed E-state index contributed by atoms with van der Waals surface area (Å²) in [6.45, 7) is 4.80. The van der Waals surface area contributed by atoms with Crippen LogP contribution in [0.2, 0.25) is 0 Å². The lowest BCUT2D eigenvalue weighted by atomic mass is 10.0. The van der Waals surface area contributed by atoms with Gasteiger partial charge < -0.3 is 9.88 Å². The Morgan fingerprint density at radius 2 is 2.15 bits per heavy atom. The van der Waals surface area contributed by atoms with E-state index in [0.717, 1.165) is 11.4 Å². The van der Waals surface area contributed by atoms with Crippen molar-refractivity contribution < 1.29 is 9.59 Å². The van der Waals surface area contributed by atoms with Crippen molar-refractivity contribution in [1.82, 2.24) is 25.1 Å². The molecular formula is C17H20N6O3S. The number of hydrogen-bond donors (Lipinski definition) is 1. The maximum Gasteiger partial charge on any atom is 0.254 e. The van der Waals surface area contributed by atoms with Crippen LogP contribution in [0.1, 0.15) is 35.4 Å². The molecule has 2 aliphatic rings. The van der Waals surface area contributed by atoms with Gasteiger partial charge in [-0.05, 0) is 19.8 Å². The van der Waals surface area contributed by atoms with Gasteiger partial charge in [0.25, 0.3) is 5.56 Å². The number of aromatic amines is 1. The molecular weight excluding hydrogens is 368 g/mol. The molecule has 10 heteroatoms. The number of rotatable bonds is 3. The number of anilines is 1. The molecule has 0 aliphatic carbocycles. The van der Waals surface area contributed by atoms with Crippen molar-refractivity contribution in [3.8, 4) is 0 Å². The number of aryl methyl sites for hydroxylation is 2. The zero-order chi connectivity index (χ0) is 19.1.